The monoisotopic (exact) mass is 342 g/mol. The molecule has 0 spiro atoms. The minimum atomic E-state index is -0.368. The number of benzene rings is 1. The van der Waals surface area contributed by atoms with Gasteiger partial charge in [-0.1, -0.05) is 0 Å². The van der Waals surface area contributed by atoms with Crippen molar-refractivity contribution >= 4 is 40.4 Å². The van der Waals surface area contributed by atoms with E-state index in [-0.39, 0.29) is 28.7 Å². The third kappa shape index (κ3) is 2.61. The zero-order valence-corrected chi connectivity index (χ0v) is 13.3. The van der Waals surface area contributed by atoms with Crippen LogP contribution in [0.4, 0.5) is 27.4 Å². The zero-order chi connectivity index (χ0) is 17.3. The maximum atomic E-state index is 12.9. The quantitative estimate of drug-likeness (QED) is 0.427. The Morgan fingerprint density at radius 2 is 1.92 bits per heavy atom. The molecule has 2 aromatic heterocycles. The van der Waals surface area contributed by atoms with Gasteiger partial charge in [0.25, 0.3) is 0 Å². The van der Waals surface area contributed by atoms with E-state index in [1.54, 1.807) is 6.26 Å². The molecular weight excluding hydrogens is 331 g/mol. The highest BCUT2D eigenvalue weighted by atomic mass is 32.2. The van der Waals surface area contributed by atoms with E-state index in [9.17, 15) is 9.65 Å². The van der Waals surface area contributed by atoms with Crippen LogP contribution in [0.3, 0.4) is 0 Å². The molecule has 0 unspecified atom stereocenters. The van der Waals surface area contributed by atoms with Gasteiger partial charge in [0.05, 0.1) is 5.69 Å². The smallest absolute Gasteiger partial charge is 0.188 e. The van der Waals surface area contributed by atoms with Crippen LogP contribution in [0, 0.1) is 17.1 Å². The highest BCUT2D eigenvalue weighted by Gasteiger charge is 2.19. The molecule has 0 radical (unpaired) electrons. The van der Waals surface area contributed by atoms with Crippen molar-refractivity contribution in [3.63, 3.8) is 0 Å². The van der Waals surface area contributed by atoms with Crippen molar-refractivity contribution < 1.29 is 4.39 Å². The molecule has 0 saturated carbocycles. The van der Waals surface area contributed by atoms with Gasteiger partial charge in [0.2, 0.25) is 0 Å². The molecule has 1 aromatic carbocycles. The zero-order valence-electron chi connectivity index (χ0n) is 12.4. The summed E-state index contributed by atoms with van der Waals surface area (Å²) in [6, 6.07) is 7.50. The first-order chi connectivity index (χ1) is 11.5. The number of hydrogen-bond donors (Lipinski definition) is 2. The second kappa shape index (κ2) is 6.13. The summed E-state index contributed by atoms with van der Waals surface area (Å²) in [5.74, 6) is -0.210. The van der Waals surface area contributed by atoms with Gasteiger partial charge in [-0.25, -0.2) is 13.9 Å². The van der Waals surface area contributed by atoms with Crippen LogP contribution in [-0.2, 0) is 0 Å². The molecule has 8 nitrogen and oxygen atoms in total. The summed E-state index contributed by atoms with van der Waals surface area (Å²) in [6.07, 6.45) is 1.78. The average molecular weight is 342 g/mol. The molecule has 10 heteroatoms. The molecule has 0 aliphatic rings. The van der Waals surface area contributed by atoms with E-state index < -0.39 is 0 Å². The average Bonchev–Trinajstić information content (AvgIpc) is 2.88. The minimum Gasteiger partial charge on any atom is -0.382 e. The summed E-state index contributed by atoms with van der Waals surface area (Å²) >= 11 is 1.29. The summed E-state index contributed by atoms with van der Waals surface area (Å²) in [6.45, 7) is 0. The number of nitrogens with zero attached hydrogens (tertiary/aromatic N) is 6. The second-order valence-corrected chi connectivity index (χ2v) is 5.43. The Hall–Kier alpha value is -3.19. The lowest BCUT2D eigenvalue weighted by Gasteiger charge is -2.05. The standard InChI is InChI=1S/C14H11FN8S/c1-24-14-9(6-16)11(17)19-13-10(12(18)22-23(13)14)21-20-8-4-2-7(15)3-5-8/h2-5H,1H3,(H2,17,19)(H2,18,22). The number of aromatic nitrogens is 3. The normalized spacial score (nSPS) is 11.2. The van der Waals surface area contributed by atoms with Crippen molar-refractivity contribution in [3.05, 3.63) is 35.6 Å². The van der Waals surface area contributed by atoms with Crippen LogP contribution in [-0.4, -0.2) is 20.9 Å². The number of hydrogen-bond acceptors (Lipinski definition) is 8. The number of anilines is 2. The predicted octanol–water partition coefficient (Wildman–Crippen LogP) is 3.04. The van der Waals surface area contributed by atoms with Crippen molar-refractivity contribution in [2.45, 2.75) is 5.03 Å². The minimum absolute atomic E-state index is 0.0625. The van der Waals surface area contributed by atoms with Crippen LogP contribution in [0.15, 0.2) is 39.5 Å². The molecule has 0 aliphatic heterocycles. The lowest BCUT2D eigenvalue weighted by atomic mass is 10.3. The lowest BCUT2D eigenvalue weighted by molar-refractivity contribution is 0.628. The van der Waals surface area contributed by atoms with Gasteiger partial charge in [-0.05, 0) is 30.5 Å². The molecule has 120 valence electrons. The van der Waals surface area contributed by atoms with E-state index >= 15 is 0 Å². The number of fused-ring (bicyclic) bond motifs is 1. The maximum Gasteiger partial charge on any atom is 0.188 e. The molecule has 24 heavy (non-hydrogen) atoms. The van der Waals surface area contributed by atoms with E-state index in [1.165, 1.54) is 40.5 Å². The number of nitrogens with two attached hydrogens (primary N) is 2. The van der Waals surface area contributed by atoms with Gasteiger partial charge in [0.15, 0.2) is 17.2 Å². The Balaban J connectivity index is 2.15. The second-order valence-electron chi connectivity index (χ2n) is 4.64. The van der Waals surface area contributed by atoms with E-state index in [0.717, 1.165) is 0 Å². The molecule has 0 amide bonds. The fourth-order valence-electron chi connectivity index (χ4n) is 2.05. The molecule has 0 fully saturated rings. The van der Waals surface area contributed by atoms with Crippen molar-refractivity contribution in [3.8, 4) is 6.07 Å². The number of azo groups is 1. The molecule has 0 saturated heterocycles. The summed E-state index contributed by atoms with van der Waals surface area (Å²) in [5, 5.41) is 21.9. The van der Waals surface area contributed by atoms with Gasteiger partial charge in [-0.3, -0.25) is 0 Å². The molecule has 0 aliphatic carbocycles. The van der Waals surface area contributed by atoms with Crippen molar-refractivity contribution in [1.82, 2.24) is 14.6 Å². The van der Waals surface area contributed by atoms with Gasteiger partial charge < -0.3 is 11.5 Å². The predicted molar refractivity (Wildman–Crippen MR) is 88.9 cm³/mol. The SMILES string of the molecule is CSc1c(C#N)c(N)nc2c(N=Nc3ccc(F)cc3)c(N)nn12. The fraction of sp³-hybridized carbons (Fsp3) is 0.0714. The van der Waals surface area contributed by atoms with Crippen molar-refractivity contribution in [1.29, 1.82) is 5.26 Å². The number of nitrogen functional groups attached to an aromatic ring is 2. The molecule has 0 atom stereocenters. The first-order valence-electron chi connectivity index (χ1n) is 6.64. The van der Waals surface area contributed by atoms with Crippen molar-refractivity contribution in [2.24, 2.45) is 10.2 Å². The van der Waals surface area contributed by atoms with Gasteiger partial charge >= 0.3 is 0 Å². The molecule has 4 N–H and O–H groups in total. The summed E-state index contributed by atoms with van der Waals surface area (Å²) < 4.78 is 14.3. The van der Waals surface area contributed by atoms with E-state index in [0.29, 0.717) is 16.4 Å². The number of halogens is 1. The third-order valence-corrected chi connectivity index (χ3v) is 3.91. The van der Waals surface area contributed by atoms with Crippen LogP contribution in [0.2, 0.25) is 0 Å². The van der Waals surface area contributed by atoms with Crippen LogP contribution in [0.25, 0.3) is 5.65 Å². The topological polar surface area (TPSA) is 131 Å². The van der Waals surface area contributed by atoms with E-state index in [2.05, 4.69) is 20.3 Å². The molecule has 3 rings (SSSR count). The Morgan fingerprint density at radius 1 is 1.21 bits per heavy atom. The van der Waals surface area contributed by atoms with Gasteiger partial charge in [0, 0.05) is 0 Å². The number of rotatable bonds is 3. The highest BCUT2D eigenvalue weighted by molar-refractivity contribution is 7.98. The Labute approximate surface area is 140 Å². The lowest BCUT2D eigenvalue weighted by Crippen LogP contribution is -2.04. The maximum absolute atomic E-state index is 12.9. The molecule has 2 heterocycles. The largest absolute Gasteiger partial charge is 0.382 e. The number of nitriles is 1. The van der Waals surface area contributed by atoms with Gasteiger partial charge in [-0.15, -0.1) is 22.0 Å². The highest BCUT2D eigenvalue weighted by Crippen LogP contribution is 2.33. The molecular formula is C14H11FN8S. The van der Waals surface area contributed by atoms with E-state index in [1.807, 2.05) is 6.07 Å². The number of thioether (sulfide) groups is 1. The fourth-order valence-corrected chi connectivity index (χ4v) is 2.70. The van der Waals surface area contributed by atoms with E-state index in [4.69, 9.17) is 11.5 Å². The molecule has 0 bridgehead atoms. The van der Waals surface area contributed by atoms with Crippen LogP contribution < -0.4 is 11.5 Å². The summed E-state index contributed by atoms with van der Waals surface area (Å²) in [4.78, 5) is 4.15. The Kier molecular flexibility index (Phi) is 4.01. The Bertz CT molecular complexity index is 987. The molecule has 3 aromatic rings. The first kappa shape index (κ1) is 15.7. The van der Waals surface area contributed by atoms with Crippen LogP contribution in [0.1, 0.15) is 5.56 Å². The van der Waals surface area contributed by atoms with Crippen molar-refractivity contribution in [2.75, 3.05) is 17.7 Å². The third-order valence-electron chi connectivity index (χ3n) is 3.15. The van der Waals surface area contributed by atoms with Gasteiger partial charge in [-0.2, -0.15) is 10.4 Å². The first-order valence-corrected chi connectivity index (χ1v) is 7.86. The van der Waals surface area contributed by atoms with Crippen LogP contribution in [0.5, 0.6) is 0 Å². The van der Waals surface area contributed by atoms with Crippen LogP contribution >= 0.6 is 11.8 Å². The van der Waals surface area contributed by atoms with Gasteiger partial charge in [0.1, 0.15) is 28.3 Å². The summed E-state index contributed by atoms with van der Waals surface area (Å²) in [5.41, 5.74) is 12.9. The Morgan fingerprint density at radius 3 is 2.54 bits per heavy atom. The summed E-state index contributed by atoms with van der Waals surface area (Å²) in [7, 11) is 0.